The van der Waals surface area contributed by atoms with E-state index in [-0.39, 0.29) is 5.82 Å². The van der Waals surface area contributed by atoms with Gasteiger partial charge in [0, 0.05) is 42.9 Å². The lowest BCUT2D eigenvalue weighted by atomic mass is 10.2. The Bertz CT molecular complexity index is 440. The summed E-state index contributed by atoms with van der Waals surface area (Å²) in [6, 6.07) is 2.26. The van der Waals surface area contributed by atoms with Crippen LogP contribution in [-0.4, -0.2) is 42.1 Å². The average Bonchev–Trinajstić information content (AvgIpc) is 2.93. The minimum Gasteiger partial charge on any atom is -0.352 e. The third kappa shape index (κ3) is 2.92. The number of halogens is 2. The molecule has 0 unspecified atom stereocenters. The zero-order valence-corrected chi connectivity index (χ0v) is 12.6. The Morgan fingerprint density at radius 3 is 2.47 bits per heavy atom. The van der Waals surface area contributed by atoms with Crippen LogP contribution in [0.5, 0.6) is 0 Å². The van der Waals surface area contributed by atoms with Crippen molar-refractivity contribution in [3.63, 3.8) is 0 Å². The number of rotatable bonds is 2. The molecule has 2 heterocycles. The van der Waals surface area contributed by atoms with Crippen LogP contribution in [0.1, 0.15) is 25.7 Å². The Hall–Kier alpha value is -0.680. The smallest absolute Gasteiger partial charge is 0.166 e. The number of nitrogens with zero attached hydrogens (tertiary/aromatic N) is 3. The standard InChI is InChI=1S/C14H19BrFN3/c15-11-9-13(16)14(17-10-11)19-7-5-18(6-8-19)12-3-1-2-4-12/h9-10,12H,1-8H2. The quantitative estimate of drug-likeness (QED) is 0.832. The first-order valence-corrected chi connectivity index (χ1v) is 7.83. The molecule has 1 saturated heterocycles. The second kappa shape index (κ2) is 5.75. The van der Waals surface area contributed by atoms with Crippen molar-refractivity contribution < 1.29 is 4.39 Å². The molecule has 3 nitrogen and oxygen atoms in total. The maximum atomic E-state index is 13.9. The van der Waals surface area contributed by atoms with Gasteiger partial charge in [0.15, 0.2) is 11.6 Å². The summed E-state index contributed by atoms with van der Waals surface area (Å²) in [6.07, 6.45) is 7.08. The number of piperazine rings is 1. The van der Waals surface area contributed by atoms with E-state index in [1.807, 2.05) is 0 Å². The lowest BCUT2D eigenvalue weighted by molar-refractivity contribution is 0.187. The summed E-state index contributed by atoms with van der Waals surface area (Å²) in [4.78, 5) is 8.84. The largest absolute Gasteiger partial charge is 0.352 e. The Balaban J connectivity index is 1.63. The first-order valence-electron chi connectivity index (χ1n) is 7.04. The molecule has 2 aliphatic rings. The van der Waals surface area contributed by atoms with Crippen LogP contribution in [0.25, 0.3) is 0 Å². The maximum Gasteiger partial charge on any atom is 0.166 e. The van der Waals surface area contributed by atoms with Crippen molar-refractivity contribution in [2.45, 2.75) is 31.7 Å². The number of anilines is 1. The molecule has 0 aromatic carbocycles. The van der Waals surface area contributed by atoms with Crippen LogP contribution in [0.2, 0.25) is 0 Å². The van der Waals surface area contributed by atoms with E-state index in [1.54, 1.807) is 6.20 Å². The second-order valence-corrected chi connectivity index (χ2v) is 6.34. The molecule has 0 amide bonds. The summed E-state index contributed by atoms with van der Waals surface area (Å²) in [5.41, 5.74) is 0. The lowest BCUT2D eigenvalue weighted by Gasteiger charge is -2.38. The fourth-order valence-electron chi connectivity index (χ4n) is 3.21. The first-order chi connectivity index (χ1) is 9.24. The van der Waals surface area contributed by atoms with E-state index in [9.17, 15) is 4.39 Å². The fraction of sp³-hybridized carbons (Fsp3) is 0.643. The Labute approximate surface area is 121 Å². The SMILES string of the molecule is Fc1cc(Br)cnc1N1CCN(C2CCCC2)CC1. The van der Waals surface area contributed by atoms with Gasteiger partial charge in [0.1, 0.15) is 0 Å². The van der Waals surface area contributed by atoms with Gasteiger partial charge < -0.3 is 4.90 Å². The predicted molar refractivity (Wildman–Crippen MR) is 77.9 cm³/mol. The summed E-state index contributed by atoms with van der Waals surface area (Å²) in [5.74, 6) is 0.262. The van der Waals surface area contributed by atoms with Crippen molar-refractivity contribution in [3.8, 4) is 0 Å². The maximum absolute atomic E-state index is 13.9. The number of pyridine rings is 1. The number of hydrogen-bond donors (Lipinski definition) is 0. The first kappa shape index (κ1) is 13.3. The summed E-state index contributed by atoms with van der Waals surface area (Å²) >= 11 is 3.25. The molecular formula is C14H19BrFN3. The number of hydrogen-bond acceptors (Lipinski definition) is 3. The molecule has 0 bridgehead atoms. The van der Waals surface area contributed by atoms with Gasteiger partial charge in [-0.25, -0.2) is 9.37 Å². The highest BCUT2D eigenvalue weighted by atomic mass is 79.9. The summed E-state index contributed by atoms with van der Waals surface area (Å²) in [7, 11) is 0. The third-order valence-corrected chi connectivity index (χ3v) is 4.68. The fourth-order valence-corrected chi connectivity index (χ4v) is 3.51. The average molecular weight is 328 g/mol. The summed E-state index contributed by atoms with van der Waals surface area (Å²) in [6.45, 7) is 3.81. The van der Waals surface area contributed by atoms with E-state index >= 15 is 0 Å². The minimum atomic E-state index is -0.233. The van der Waals surface area contributed by atoms with Gasteiger partial charge in [-0.1, -0.05) is 12.8 Å². The minimum absolute atomic E-state index is 0.233. The summed E-state index contributed by atoms with van der Waals surface area (Å²) in [5, 5.41) is 0. The highest BCUT2D eigenvalue weighted by molar-refractivity contribution is 9.10. The van der Waals surface area contributed by atoms with Gasteiger partial charge in [-0.15, -0.1) is 0 Å². The van der Waals surface area contributed by atoms with Gasteiger partial charge in [0.05, 0.1) is 0 Å². The van der Waals surface area contributed by atoms with E-state index in [2.05, 4.69) is 30.7 Å². The van der Waals surface area contributed by atoms with Gasteiger partial charge >= 0.3 is 0 Å². The van der Waals surface area contributed by atoms with Gasteiger partial charge in [0.2, 0.25) is 0 Å². The Morgan fingerprint density at radius 1 is 1.16 bits per heavy atom. The molecule has 0 radical (unpaired) electrons. The van der Waals surface area contributed by atoms with Crippen LogP contribution in [-0.2, 0) is 0 Å². The van der Waals surface area contributed by atoms with E-state index in [1.165, 1.54) is 31.7 Å². The van der Waals surface area contributed by atoms with Crippen LogP contribution >= 0.6 is 15.9 Å². The van der Waals surface area contributed by atoms with Crippen LogP contribution in [0.15, 0.2) is 16.7 Å². The van der Waals surface area contributed by atoms with Crippen molar-refractivity contribution in [1.29, 1.82) is 0 Å². The van der Waals surface area contributed by atoms with Crippen molar-refractivity contribution >= 4 is 21.7 Å². The molecule has 0 spiro atoms. The molecule has 5 heteroatoms. The molecule has 3 rings (SSSR count). The second-order valence-electron chi connectivity index (χ2n) is 5.42. The highest BCUT2D eigenvalue weighted by Gasteiger charge is 2.27. The molecule has 1 aromatic rings. The van der Waals surface area contributed by atoms with Gasteiger partial charge in [-0.2, -0.15) is 0 Å². The topological polar surface area (TPSA) is 19.4 Å². The van der Waals surface area contributed by atoms with E-state index in [0.29, 0.717) is 10.3 Å². The lowest BCUT2D eigenvalue weighted by Crippen LogP contribution is -2.50. The van der Waals surface area contributed by atoms with Crippen LogP contribution in [0.3, 0.4) is 0 Å². The van der Waals surface area contributed by atoms with E-state index in [4.69, 9.17) is 0 Å². The van der Waals surface area contributed by atoms with Crippen molar-refractivity contribution in [1.82, 2.24) is 9.88 Å². The van der Waals surface area contributed by atoms with Crippen molar-refractivity contribution in [2.24, 2.45) is 0 Å². The molecule has 104 valence electrons. The zero-order valence-electron chi connectivity index (χ0n) is 11.0. The predicted octanol–water partition coefficient (Wildman–Crippen LogP) is 3.05. The monoisotopic (exact) mass is 327 g/mol. The molecular weight excluding hydrogens is 309 g/mol. The number of aromatic nitrogens is 1. The zero-order chi connectivity index (χ0) is 13.2. The molecule has 1 aliphatic heterocycles. The van der Waals surface area contributed by atoms with Crippen LogP contribution < -0.4 is 4.90 Å². The van der Waals surface area contributed by atoms with Crippen LogP contribution in [0.4, 0.5) is 10.2 Å². The normalized spacial score (nSPS) is 22.1. The van der Waals surface area contributed by atoms with E-state index < -0.39 is 0 Å². The van der Waals surface area contributed by atoms with Gasteiger partial charge in [0.25, 0.3) is 0 Å². The van der Waals surface area contributed by atoms with Crippen molar-refractivity contribution in [3.05, 3.63) is 22.6 Å². The van der Waals surface area contributed by atoms with Crippen molar-refractivity contribution in [2.75, 3.05) is 31.1 Å². The van der Waals surface area contributed by atoms with Gasteiger partial charge in [-0.3, -0.25) is 4.90 Å². The Morgan fingerprint density at radius 2 is 1.84 bits per heavy atom. The molecule has 19 heavy (non-hydrogen) atoms. The summed E-state index contributed by atoms with van der Waals surface area (Å²) < 4.78 is 14.6. The van der Waals surface area contributed by atoms with Gasteiger partial charge in [-0.05, 0) is 34.8 Å². The molecule has 1 saturated carbocycles. The molecule has 0 N–H and O–H groups in total. The Kier molecular flexibility index (Phi) is 4.03. The molecule has 0 atom stereocenters. The van der Waals surface area contributed by atoms with E-state index in [0.717, 1.165) is 32.2 Å². The third-order valence-electron chi connectivity index (χ3n) is 4.24. The van der Waals surface area contributed by atoms with Crippen LogP contribution in [0, 0.1) is 5.82 Å². The molecule has 1 aromatic heterocycles. The highest BCUT2D eigenvalue weighted by Crippen LogP contribution is 2.26. The molecule has 2 fully saturated rings. The molecule has 1 aliphatic carbocycles.